The molecule has 0 aliphatic carbocycles. The number of hydrogen-bond donors (Lipinski definition) is 0. The number of ether oxygens (including phenoxy) is 3. The lowest BCUT2D eigenvalue weighted by molar-refractivity contribution is -0.0335. The molecule has 0 bridgehead atoms. The molecule has 2 heterocycles. The van der Waals surface area contributed by atoms with E-state index in [1.807, 2.05) is 18.5 Å². The summed E-state index contributed by atoms with van der Waals surface area (Å²) < 4.78 is 16.0. The Kier molecular flexibility index (Phi) is 3.45. The fourth-order valence-electron chi connectivity index (χ4n) is 1.54. The molecule has 0 amide bonds. The maximum Gasteiger partial charge on any atom is 0.175 e. The minimum absolute atomic E-state index is 0.109. The van der Waals surface area contributed by atoms with Crippen LogP contribution in [-0.2, 0) is 9.47 Å². The molecule has 0 saturated carbocycles. The molecule has 84 valence electrons. The van der Waals surface area contributed by atoms with Gasteiger partial charge in [-0.3, -0.25) is 0 Å². The summed E-state index contributed by atoms with van der Waals surface area (Å²) in [5.74, 6) is 0.903. The molecule has 0 radical (unpaired) electrons. The summed E-state index contributed by atoms with van der Waals surface area (Å²) in [6.07, 6.45) is -0.109. The molecule has 15 heavy (non-hydrogen) atoms. The Balaban J connectivity index is 1.97. The number of nitrogens with zero attached hydrogens (tertiary/aromatic N) is 1. The van der Waals surface area contributed by atoms with Crippen LogP contribution in [0.4, 0.5) is 5.00 Å². The van der Waals surface area contributed by atoms with Crippen LogP contribution in [0, 0.1) is 0 Å². The monoisotopic (exact) mass is 229 g/mol. The summed E-state index contributed by atoms with van der Waals surface area (Å²) in [7, 11) is 3.70. The van der Waals surface area contributed by atoms with E-state index in [2.05, 4.69) is 4.90 Å². The highest BCUT2D eigenvalue weighted by Crippen LogP contribution is 2.33. The van der Waals surface area contributed by atoms with Crippen LogP contribution in [0.5, 0.6) is 5.75 Å². The third-order valence-corrected chi connectivity index (χ3v) is 3.30. The summed E-state index contributed by atoms with van der Waals surface area (Å²) in [4.78, 5) is 2.10. The first-order chi connectivity index (χ1) is 7.31. The van der Waals surface area contributed by atoms with Crippen molar-refractivity contribution >= 4 is 16.3 Å². The lowest BCUT2D eigenvalue weighted by Gasteiger charge is -2.21. The fraction of sp³-hybridized carbons (Fsp3) is 0.600. The van der Waals surface area contributed by atoms with Gasteiger partial charge in [-0.05, 0) is 11.4 Å². The lowest BCUT2D eigenvalue weighted by Crippen LogP contribution is -2.29. The van der Waals surface area contributed by atoms with Crippen molar-refractivity contribution in [3.63, 3.8) is 0 Å². The highest BCUT2D eigenvalue weighted by molar-refractivity contribution is 7.14. The highest BCUT2D eigenvalue weighted by atomic mass is 32.1. The Bertz CT molecular complexity index is 309. The molecule has 5 heteroatoms. The van der Waals surface area contributed by atoms with Gasteiger partial charge in [-0.25, -0.2) is 0 Å². The first kappa shape index (κ1) is 10.7. The van der Waals surface area contributed by atoms with E-state index < -0.39 is 0 Å². The van der Waals surface area contributed by atoms with Crippen LogP contribution in [0.2, 0.25) is 0 Å². The second kappa shape index (κ2) is 4.83. The molecule has 1 fully saturated rings. The highest BCUT2D eigenvalue weighted by Gasteiger charge is 2.20. The normalized spacial score (nSPS) is 16.9. The third-order valence-electron chi connectivity index (χ3n) is 2.29. The summed E-state index contributed by atoms with van der Waals surface area (Å²) in [6.45, 7) is 2.12. The molecule has 1 aliphatic rings. The predicted octanol–water partition coefficient (Wildman–Crippen LogP) is 1.57. The predicted molar refractivity (Wildman–Crippen MR) is 59.8 cm³/mol. The molecule has 0 aromatic carbocycles. The van der Waals surface area contributed by atoms with Crippen molar-refractivity contribution < 1.29 is 14.2 Å². The molecule has 4 nitrogen and oxygen atoms in total. The third kappa shape index (κ3) is 2.42. The van der Waals surface area contributed by atoms with Crippen LogP contribution in [-0.4, -0.2) is 40.2 Å². The summed E-state index contributed by atoms with van der Waals surface area (Å²) in [6, 6.07) is 1.97. The van der Waals surface area contributed by atoms with E-state index in [0.717, 1.165) is 17.3 Å². The van der Waals surface area contributed by atoms with Crippen molar-refractivity contribution in [2.45, 2.75) is 6.29 Å². The Morgan fingerprint density at radius 1 is 1.53 bits per heavy atom. The number of rotatable bonds is 4. The van der Waals surface area contributed by atoms with Gasteiger partial charge in [0.1, 0.15) is 5.00 Å². The van der Waals surface area contributed by atoms with E-state index in [9.17, 15) is 0 Å². The van der Waals surface area contributed by atoms with Crippen LogP contribution >= 0.6 is 11.3 Å². The van der Waals surface area contributed by atoms with E-state index >= 15 is 0 Å². The number of thiophene rings is 1. The van der Waals surface area contributed by atoms with Crippen molar-refractivity contribution in [3.05, 3.63) is 11.4 Å². The van der Waals surface area contributed by atoms with Gasteiger partial charge in [0.25, 0.3) is 0 Å². The zero-order chi connectivity index (χ0) is 10.7. The SMILES string of the molecule is COc1ccsc1N(C)CC1OCCO1. The quantitative estimate of drug-likeness (QED) is 0.784. The maximum absolute atomic E-state index is 5.40. The van der Waals surface area contributed by atoms with Crippen LogP contribution < -0.4 is 9.64 Å². The average Bonchev–Trinajstić information content (AvgIpc) is 2.86. The molecular formula is C10H15NO3S. The first-order valence-electron chi connectivity index (χ1n) is 4.87. The smallest absolute Gasteiger partial charge is 0.175 e. The molecule has 1 aromatic rings. The van der Waals surface area contributed by atoms with Crippen molar-refractivity contribution in [1.82, 2.24) is 0 Å². The Morgan fingerprint density at radius 3 is 2.93 bits per heavy atom. The van der Waals surface area contributed by atoms with Crippen LogP contribution in [0.25, 0.3) is 0 Å². The Hall–Kier alpha value is -0.780. The average molecular weight is 229 g/mol. The van der Waals surface area contributed by atoms with Gasteiger partial charge in [0.2, 0.25) is 0 Å². The van der Waals surface area contributed by atoms with E-state index in [4.69, 9.17) is 14.2 Å². The van der Waals surface area contributed by atoms with E-state index in [-0.39, 0.29) is 6.29 Å². The summed E-state index contributed by atoms with van der Waals surface area (Å²) in [5, 5.41) is 3.12. The second-order valence-electron chi connectivity index (χ2n) is 3.35. The van der Waals surface area contributed by atoms with Crippen molar-refractivity contribution in [1.29, 1.82) is 0 Å². The van der Waals surface area contributed by atoms with Gasteiger partial charge < -0.3 is 19.1 Å². The fourth-order valence-corrected chi connectivity index (χ4v) is 2.38. The number of likely N-dealkylation sites (N-methyl/N-ethyl adjacent to an activating group) is 1. The van der Waals surface area contributed by atoms with Crippen LogP contribution in [0.15, 0.2) is 11.4 Å². The maximum atomic E-state index is 5.40. The molecule has 0 atom stereocenters. The van der Waals surface area contributed by atoms with Gasteiger partial charge in [-0.15, -0.1) is 11.3 Å². The first-order valence-corrected chi connectivity index (χ1v) is 5.75. The standard InChI is InChI=1S/C10H15NO3S/c1-11(7-9-13-4-5-14-9)10-8(12-2)3-6-15-10/h3,6,9H,4-5,7H2,1-2H3. The summed E-state index contributed by atoms with van der Waals surface area (Å²) >= 11 is 1.66. The van der Waals surface area contributed by atoms with Gasteiger partial charge in [-0.2, -0.15) is 0 Å². The van der Waals surface area contributed by atoms with Gasteiger partial charge >= 0.3 is 0 Å². The molecule has 1 saturated heterocycles. The van der Waals surface area contributed by atoms with Gasteiger partial charge in [-0.1, -0.05) is 0 Å². The molecule has 2 rings (SSSR count). The molecule has 0 unspecified atom stereocenters. The van der Waals surface area contributed by atoms with Crippen LogP contribution in [0.3, 0.4) is 0 Å². The molecule has 1 aliphatic heterocycles. The van der Waals surface area contributed by atoms with Gasteiger partial charge in [0.05, 0.1) is 26.9 Å². The van der Waals surface area contributed by atoms with E-state index in [1.165, 1.54) is 0 Å². The Morgan fingerprint density at radius 2 is 2.27 bits per heavy atom. The second-order valence-corrected chi connectivity index (χ2v) is 4.24. The largest absolute Gasteiger partial charge is 0.494 e. The van der Waals surface area contributed by atoms with E-state index in [0.29, 0.717) is 13.2 Å². The number of anilines is 1. The number of methoxy groups -OCH3 is 1. The molecule has 0 spiro atoms. The van der Waals surface area contributed by atoms with Crippen LogP contribution in [0.1, 0.15) is 0 Å². The van der Waals surface area contributed by atoms with Crippen molar-refractivity contribution in [2.75, 3.05) is 38.8 Å². The van der Waals surface area contributed by atoms with Crippen molar-refractivity contribution in [3.8, 4) is 5.75 Å². The topological polar surface area (TPSA) is 30.9 Å². The molecular weight excluding hydrogens is 214 g/mol. The molecule has 0 N–H and O–H groups in total. The van der Waals surface area contributed by atoms with E-state index in [1.54, 1.807) is 18.4 Å². The molecule has 1 aromatic heterocycles. The zero-order valence-corrected chi connectivity index (χ0v) is 9.75. The summed E-state index contributed by atoms with van der Waals surface area (Å²) in [5.41, 5.74) is 0. The van der Waals surface area contributed by atoms with Crippen molar-refractivity contribution in [2.24, 2.45) is 0 Å². The lowest BCUT2D eigenvalue weighted by atomic mass is 10.5. The minimum atomic E-state index is -0.109. The number of hydrogen-bond acceptors (Lipinski definition) is 5. The minimum Gasteiger partial charge on any atom is -0.494 e. The van der Waals surface area contributed by atoms with Gasteiger partial charge in [0.15, 0.2) is 12.0 Å². The van der Waals surface area contributed by atoms with Gasteiger partial charge in [0, 0.05) is 7.05 Å². The zero-order valence-electron chi connectivity index (χ0n) is 8.93. The Labute approximate surface area is 93.4 Å².